The summed E-state index contributed by atoms with van der Waals surface area (Å²) < 4.78 is 25.7. The highest BCUT2D eigenvalue weighted by Crippen LogP contribution is 2.32. The smallest absolute Gasteiger partial charge is 0.323 e. The van der Waals surface area contributed by atoms with Gasteiger partial charge in [-0.15, -0.1) is 0 Å². The molecule has 2 aliphatic rings. The largest absolute Gasteiger partial charge is 0.480 e. The first-order valence-corrected chi connectivity index (χ1v) is 7.80. The minimum Gasteiger partial charge on any atom is -0.480 e. The van der Waals surface area contributed by atoms with Gasteiger partial charge >= 0.3 is 5.97 Å². The lowest BCUT2D eigenvalue weighted by molar-refractivity contribution is -0.149. The van der Waals surface area contributed by atoms with Crippen molar-refractivity contribution in [3.05, 3.63) is 0 Å². The van der Waals surface area contributed by atoms with Crippen molar-refractivity contribution in [2.24, 2.45) is 5.92 Å². The quantitative estimate of drug-likeness (QED) is 0.791. The summed E-state index contributed by atoms with van der Waals surface area (Å²) in [6.45, 7) is 4.56. The lowest BCUT2D eigenvalue weighted by Gasteiger charge is -2.40. The molecule has 6 nitrogen and oxygen atoms in total. The van der Waals surface area contributed by atoms with Crippen molar-refractivity contribution in [2.75, 3.05) is 25.5 Å². The highest BCUT2D eigenvalue weighted by atomic mass is 32.2. The highest BCUT2D eigenvalue weighted by Gasteiger charge is 2.42. The molecule has 1 N–H and O–H groups in total. The Labute approximate surface area is 108 Å². The molecule has 0 aromatic heterocycles. The van der Waals surface area contributed by atoms with Crippen LogP contribution in [0.4, 0.5) is 0 Å². The zero-order valence-electron chi connectivity index (χ0n) is 10.8. The van der Waals surface area contributed by atoms with Crippen LogP contribution in [0, 0.1) is 5.92 Å². The second-order valence-corrected chi connectivity index (χ2v) is 7.61. The van der Waals surface area contributed by atoms with E-state index in [0.717, 1.165) is 12.8 Å². The Balaban J connectivity index is 2.07. The summed E-state index contributed by atoms with van der Waals surface area (Å²) in [7, 11) is -3.35. The van der Waals surface area contributed by atoms with Gasteiger partial charge in [-0.2, -0.15) is 4.31 Å². The van der Waals surface area contributed by atoms with E-state index in [1.807, 2.05) is 0 Å². The number of carboxylic acids is 1. The van der Waals surface area contributed by atoms with Gasteiger partial charge in [-0.1, -0.05) is 0 Å². The molecule has 7 heteroatoms. The molecule has 0 spiro atoms. The number of hydrogen-bond acceptors (Lipinski definition) is 4. The van der Waals surface area contributed by atoms with E-state index in [2.05, 4.69) is 0 Å². The number of nitrogens with zero attached hydrogens (tertiary/aromatic N) is 2. The van der Waals surface area contributed by atoms with E-state index in [1.54, 1.807) is 13.8 Å². The number of aliphatic carboxylic acids is 1. The average molecular weight is 276 g/mol. The van der Waals surface area contributed by atoms with Gasteiger partial charge < -0.3 is 5.11 Å². The van der Waals surface area contributed by atoms with Gasteiger partial charge in [0.1, 0.15) is 11.4 Å². The molecular formula is C11H20N2O4S. The Morgan fingerprint density at radius 2 is 1.94 bits per heavy atom. The molecule has 0 aromatic carbocycles. The zero-order valence-corrected chi connectivity index (χ0v) is 11.6. The van der Waals surface area contributed by atoms with Gasteiger partial charge in [-0.25, -0.2) is 8.42 Å². The molecule has 0 radical (unpaired) electrons. The van der Waals surface area contributed by atoms with Gasteiger partial charge in [0, 0.05) is 19.6 Å². The van der Waals surface area contributed by atoms with E-state index >= 15 is 0 Å². The topological polar surface area (TPSA) is 77.9 Å². The maximum Gasteiger partial charge on any atom is 0.323 e. The molecular weight excluding hydrogens is 256 g/mol. The molecule has 0 atom stereocenters. The number of carboxylic acid groups (broad SMARTS) is 1. The molecule has 18 heavy (non-hydrogen) atoms. The van der Waals surface area contributed by atoms with Crippen LogP contribution >= 0.6 is 0 Å². The van der Waals surface area contributed by atoms with Crippen LogP contribution in [0.2, 0.25) is 0 Å². The van der Waals surface area contributed by atoms with E-state index in [-0.39, 0.29) is 5.88 Å². The molecule has 104 valence electrons. The molecule has 0 bridgehead atoms. The number of hydrogen-bond donors (Lipinski definition) is 1. The monoisotopic (exact) mass is 276 g/mol. The Morgan fingerprint density at radius 1 is 1.33 bits per heavy atom. The summed E-state index contributed by atoms with van der Waals surface area (Å²) in [5.74, 6) is -0.675. The summed E-state index contributed by atoms with van der Waals surface area (Å²) in [5, 5.41) is 9.13. The maximum atomic E-state index is 12.1. The zero-order chi connectivity index (χ0) is 13.6. The summed E-state index contributed by atoms with van der Waals surface area (Å²) in [6.07, 6.45) is 2.21. The van der Waals surface area contributed by atoms with Crippen molar-refractivity contribution in [1.29, 1.82) is 0 Å². The fourth-order valence-electron chi connectivity index (χ4n) is 2.08. The average Bonchev–Trinajstić information content (AvgIpc) is 3.04. The lowest BCUT2D eigenvalue weighted by atomic mass is 10.0. The first kappa shape index (κ1) is 13.8. The molecule has 2 fully saturated rings. The number of rotatable bonds is 4. The Morgan fingerprint density at radius 3 is 2.39 bits per heavy atom. The van der Waals surface area contributed by atoms with Crippen molar-refractivity contribution in [1.82, 2.24) is 9.21 Å². The van der Waals surface area contributed by atoms with Crippen molar-refractivity contribution in [3.8, 4) is 0 Å². The first-order chi connectivity index (χ1) is 8.23. The summed E-state index contributed by atoms with van der Waals surface area (Å²) in [4.78, 5) is 12.7. The second-order valence-electron chi connectivity index (χ2n) is 5.67. The van der Waals surface area contributed by atoms with Gasteiger partial charge in [0.25, 0.3) is 0 Å². The van der Waals surface area contributed by atoms with E-state index < -0.39 is 21.5 Å². The first-order valence-electron chi connectivity index (χ1n) is 6.20. The van der Waals surface area contributed by atoms with Crippen LogP contribution < -0.4 is 0 Å². The summed E-state index contributed by atoms with van der Waals surface area (Å²) in [5.41, 5.74) is -1.14. The minimum atomic E-state index is -3.35. The van der Waals surface area contributed by atoms with Crippen molar-refractivity contribution < 1.29 is 18.3 Å². The molecule has 0 amide bonds. The highest BCUT2D eigenvalue weighted by molar-refractivity contribution is 7.89. The van der Waals surface area contributed by atoms with Crippen LogP contribution in [0.1, 0.15) is 26.7 Å². The predicted octanol–water partition coefficient (Wildman–Crippen LogP) is 0.165. The predicted molar refractivity (Wildman–Crippen MR) is 66.5 cm³/mol. The molecule has 0 aromatic rings. The standard InChI is InChI=1S/C11H20N2O4S/c1-11(2,10(14)15)12-5-6-13(7-9-3-4-9)18(16,17)8-12/h9H,3-8H2,1-2H3,(H,14,15). The van der Waals surface area contributed by atoms with Crippen LogP contribution in [-0.2, 0) is 14.8 Å². The van der Waals surface area contributed by atoms with E-state index in [9.17, 15) is 13.2 Å². The fraction of sp³-hybridized carbons (Fsp3) is 0.909. The molecule has 1 aliphatic heterocycles. The van der Waals surface area contributed by atoms with Crippen LogP contribution in [-0.4, -0.2) is 59.7 Å². The number of carbonyl (C=O) groups is 1. The van der Waals surface area contributed by atoms with Crippen LogP contribution in [0.5, 0.6) is 0 Å². The van der Waals surface area contributed by atoms with Crippen molar-refractivity contribution in [3.63, 3.8) is 0 Å². The fourth-order valence-corrected chi connectivity index (χ4v) is 3.89. The third-order valence-electron chi connectivity index (χ3n) is 3.80. The molecule has 1 saturated carbocycles. The minimum absolute atomic E-state index is 0.195. The summed E-state index contributed by atoms with van der Waals surface area (Å²) in [6, 6.07) is 0. The van der Waals surface area contributed by atoms with Gasteiger partial charge in [-0.05, 0) is 32.6 Å². The molecule has 1 saturated heterocycles. The number of sulfonamides is 1. The van der Waals surface area contributed by atoms with Crippen LogP contribution in [0.15, 0.2) is 0 Å². The maximum absolute atomic E-state index is 12.1. The normalized spacial score (nSPS) is 26.1. The molecule has 1 aliphatic carbocycles. The third kappa shape index (κ3) is 2.67. The van der Waals surface area contributed by atoms with Crippen LogP contribution in [0.3, 0.4) is 0 Å². The Hall–Kier alpha value is -0.660. The van der Waals surface area contributed by atoms with E-state index in [4.69, 9.17) is 5.11 Å². The second kappa shape index (κ2) is 4.47. The van der Waals surface area contributed by atoms with Crippen LogP contribution in [0.25, 0.3) is 0 Å². The third-order valence-corrected chi connectivity index (χ3v) is 5.56. The van der Waals surface area contributed by atoms with Gasteiger partial charge in [0.15, 0.2) is 0 Å². The van der Waals surface area contributed by atoms with Gasteiger partial charge in [-0.3, -0.25) is 9.69 Å². The SMILES string of the molecule is CC(C)(C(=O)O)N1CCN(CC2CC2)S(=O)(=O)C1. The molecule has 0 unspecified atom stereocenters. The molecule has 2 rings (SSSR count). The lowest BCUT2D eigenvalue weighted by Crippen LogP contribution is -2.59. The molecule has 1 heterocycles. The van der Waals surface area contributed by atoms with Gasteiger partial charge in [0.2, 0.25) is 10.0 Å². The van der Waals surface area contributed by atoms with E-state index in [0.29, 0.717) is 25.6 Å². The van der Waals surface area contributed by atoms with Crippen molar-refractivity contribution in [2.45, 2.75) is 32.2 Å². The Kier molecular flexibility index (Phi) is 3.42. The van der Waals surface area contributed by atoms with E-state index in [1.165, 1.54) is 9.21 Å². The Bertz CT molecular complexity index is 442. The van der Waals surface area contributed by atoms with Crippen molar-refractivity contribution >= 4 is 16.0 Å². The van der Waals surface area contributed by atoms with Gasteiger partial charge in [0.05, 0.1) is 0 Å². The summed E-state index contributed by atoms with van der Waals surface area (Å²) >= 11 is 0.